The molecule has 1 amide bonds. The van der Waals surface area contributed by atoms with Gasteiger partial charge in [0.25, 0.3) is 5.91 Å². The first-order valence-corrected chi connectivity index (χ1v) is 10.7. The monoisotopic (exact) mass is 434 g/mol. The minimum atomic E-state index is -0.0384. The quantitative estimate of drug-likeness (QED) is 0.660. The molecule has 2 unspecified atom stereocenters. The first-order valence-electron chi connectivity index (χ1n) is 10.7. The largest absolute Gasteiger partial charge is 0.349 e. The fourth-order valence-corrected chi connectivity index (χ4v) is 5.46. The van der Waals surface area contributed by atoms with Crippen LogP contribution in [-0.2, 0) is 7.05 Å². The Bertz CT molecular complexity index is 1150. The number of carbonyl (C=O) groups excluding carboxylic acids is 1. The molecule has 0 radical (unpaired) electrons. The van der Waals surface area contributed by atoms with E-state index in [1.165, 1.54) is 12.8 Å². The average Bonchev–Trinajstić information content (AvgIpc) is 3.15. The van der Waals surface area contributed by atoms with Crippen molar-refractivity contribution in [3.63, 3.8) is 0 Å². The number of piperidine rings is 1. The number of hydrogen-bond acceptors (Lipinski definition) is 3. The summed E-state index contributed by atoms with van der Waals surface area (Å²) in [5.74, 6) is -0.0384. The maximum Gasteiger partial charge on any atom is 0.254 e. The van der Waals surface area contributed by atoms with Gasteiger partial charge in [-0.2, -0.15) is 5.26 Å². The van der Waals surface area contributed by atoms with E-state index in [1.807, 2.05) is 55.6 Å². The molecule has 1 aromatic heterocycles. The molecule has 1 N–H and O–H groups in total. The predicted octanol–water partition coefficient (Wildman–Crippen LogP) is 4.49. The molecule has 3 heterocycles. The fourth-order valence-electron chi connectivity index (χ4n) is 5.46. The lowest BCUT2D eigenvalue weighted by atomic mass is 9.97. The summed E-state index contributed by atoms with van der Waals surface area (Å²) in [6, 6.07) is 19.2. The zero-order valence-corrected chi connectivity index (χ0v) is 18.7. The molecule has 2 aromatic carbocycles. The molecule has 5 nitrogen and oxygen atoms in total. The molecule has 2 fully saturated rings. The average molecular weight is 435 g/mol. The van der Waals surface area contributed by atoms with Crippen LogP contribution in [0.5, 0.6) is 0 Å². The number of halogens is 1. The summed E-state index contributed by atoms with van der Waals surface area (Å²) in [6.45, 7) is 0. The minimum absolute atomic E-state index is 0. The highest BCUT2D eigenvalue weighted by atomic mass is 35.5. The van der Waals surface area contributed by atoms with Crippen molar-refractivity contribution in [2.24, 2.45) is 7.05 Å². The van der Waals surface area contributed by atoms with E-state index in [0.717, 1.165) is 35.0 Å². The third-order valence-electron chi connectivity index (χ3n) is 7.04. The molecule has 31 heavy (non-hydrogen) atoms. The highest BCUT2D eigenvalue weighted by Gasteiger charge is 2.39. The molecule has 2 atom stereocenters. The van der Waals surface area contributed by atoms with E-state index >= 15 is 0 Å². The second kappa shape index (κ2) is 8.37. The van der Waals surface area contributed by atoms with Crippen LogP contribution in [0.25, 0.3) is 22.2 Å². The Hall–Kier alpha value is -2.81. The Morgan fingerprint density at radius 2 is 1.74 bits per heavy atom. The second-order valence-corrected chi connectivity index (χ2v) is 8.68. The van der Waals surface area contributed by atoms with Crippen molar-refractivity contribution in [2.75, 3.05) is 7.05 Å². The van der Waals surface area contributed by atoms with E-state index in [-0.39, 0.29) is 24.4 Å². The standard InChI is InChI=1S/C25H26N4O.ClH/c1-28-19-9-10-20(28)14-18(13-19)27-25(30)23-21-12-16(15-26)8-11-22(21)29(2)24(23)17-6-4-3-5-7-17;/h3-8,11-12,18-20H,9-10,13-14H2,1-2H3,(H,27,30);1H. The van der Waals surface area contributed by atoms with Crippen LogP contribution in [0.3, 0.4) is 0 Å². The number of amides is 1. The number of nitriles is 1. The molecule has 3 aromatic rings. The van der Waals surface area contributed by atoms with E-state index < -0.39 is 0 Å². The summed E-state index contributed by atoms with van der Waals surface area (Å²) in [4.78, 5) is 16.1. The van der Waals surface area contributed by atoms with E-state index in [4.69, 9.17) is 0 Å². The number of carbonyl (C=O) groups is 1. The lowest BCUT2D eigenvalue weighted by molar-refractivity contribution is 0.0884. The van der Waals surface area contributed by atoms with Crippen molar-refractivity contribution >= 4 is 29.2 Å². The Kier molecular flexibility index (Phi) is 5.79. The normalized spacial score (nSPS) is 22.7. The van der Waals surface area contributed by atoms with E-state index in [0.29, 0.717) is 23.2 Å². The summed E-state index contributed by atoms with van der Waals surface area (Å²) in [5.41, 5.74) is 4.10. The van der Waals surface area contributed by atoms with Crippen LogP contribution in [0.1, 0.15) is 41.6 Å². The minimum Gasteiger partial charge on any atom is -0.349 e. The van der Waals surface area contributed by atoms with E-state index in [9.17, 15) is 10.1 Å². The number of aromatic nitrogens is 1. The Balaban J connectivity index is 0.00000231. The Labute approximate surface area is 189 Å². The molecule has 0 saturated carbocycles. The molecule has 5 rings (SSSR count). The van der Waals surface area contributed by atoms with Gasteiger partial charge < -0.3 is 14.8 Å². The highest BCUT2D eigenvalue weighted by molar-refractivity contribution is 6.13. The topological polar surface area (TPSA) is 61.1 Å². The van der Waals surface area contributed by atoms with Gasteiger partial charge in [-0.05, 0) is 56.5 Å². The van der Waals surface area contributed by atoms with E-state index in [1.54, 1.807) is 0 Å². The number of aryl methyl sites for hydroxylation is 1. The van der Waals surface area contributed by atoms with Crippen LogP contribution in [0.4, 0.5) is 0 Å². The van der Waals surface area contributed by atoms with Crippen molar-refractivity contribution in [3.8, 4) is 17.3 Å². The van der Waals surface area contributed by atoms with Crippen molar-refractivity contribution in [1.82, 2.24) is 14.8 Å². The van der Waals surface area contributed by atoms with Gasteiger partial charge in [0.1, 0.15) is 0 Å². The lowest BCUT2D eigenvalue weighted by Gasteiger charge is -2.36. The molecule has 2 bridgehead atoms. The van der Waals surface area contributed by atoms with Gasteiger partial charge >= 0.3 is 0 Å². The van der Waals surface area contributed by atoms with Crippen LogP contribution in [0.15, 0.2) is 48.5 Å². The third kappa shape index (κ3) is 3.60. The molecule has 0 spiro atoms. The predicted molar refractivity (Wildman–Crippen MR) is 125 cm³/mol. The van der Waals surface area contributed by atoms with Crippen molar-refractivity contribution < 1.29 is 4.79 Å². The molecule has 0 aliphatic carbocycles. The second-order valence-electron chi connectivity index (χ2n) is 8.68. The molecular formula is C25H27ClN4O. The van der Waals surface area contributed by atoms with Gasteiger partial charge in [0.2, 0.25) is 0 Å². The number of nitrogens with one attached hydrogen (secondary N) is 1. The van der Waals surface area contributed by atoms with Crippen molar-refractivity contribution in [3.05, 3.63) is 59.7 Å². The smallest absolute Gasteiger partial charge is 0.254 e. The highest BCUT2D eigenvalue weighted by Crippen LogP contribution is 2.36. The molecular weight excluding hydrogens is 408 g/mol. The van der Waals surface area contributed by atoms with Crippen molar-refractivity contribution in [1.29, 1.82) is 5.26 Å². The number of benzene rings is 2. The molecule has 2 aliphatic heterocycles. The van der Waals surface area contributed by atoms with Crippen LogP contribution < -0.4 is 5.32 Å². The molecule has 2 aliphatic rings. The zero-order chi connectivity index (χ0) is 20.8. The van der Waals surface area contributed by atoms with Gasteiger partial charge in [-0.3, -0.25) is 4.79 Å². The van der Waals surface area contributed by atoms with Crippen LogP contribution in [-0.4, -0.2) is 40.5 Å². The maximum atomic E-state index is 13.6. The zero-order valence-electron chi connectivity index (χ0n) is 17.8. The number of rotatable bonds is 3. The first kappa shape index (κ1) is 21.4. The SMILES string of the molecule is CN1C2CCC1CC(NC(=O)c1c(-c3ccccc3)n(C)c3ccc(C#N)cc13)C2.Cl. The third-order valence-corrected chi connectivity index (χ3v) is 7.04. The first-order chi connectivity index (χ1) is 14.6. The van der Waals surface area contributed by atoms with Crippen LogP contribution in [0, 0.1) is 11.3 Å². The van der Waals surface area contributed by atoms with Gasteiger partial charge in [0, 0.05) is 36.1 Å². The van der Waals surface area contributed by atoms with Gasteiger partial charge in [0.15, 0.2) is 0 Å². The van der Waals surface area contributed by atoms with E-state index in [2.05, 4.69) is 27.9 Å². The van der Waals surface area contributed by atoms with Crippen LogP contribution in [0.2, 0.25) is 0 Å². The summed E-state index contributed by atoms with van der Waals surface area (Å²) in [6.07, 6.45) is 4.46. The molecule has 160 valence electrons. The number of nitrogens with zero attached hydrogens (tertiary/aromatic N) is 3. The number of hydrogen-bond donors (Lipinski definition) is 1. The number of fused-ring (bicyclic) bond motifs is 3. The summed E-state index contributed by atoms with van der Waals surface area (Å²) in [5, 5.41) is 13.6. The van der Waals surface area contributed by atoms with Crippen molar-refractivity contribution in [2.45, 2.75) is 43.8 Å². The fraction of sp³-hybridized carbons (Fsp3) is 0.360. The molecule has 2 saturated heterocycles. The Morgan fingerprint density at radius 1 is 1.06 bits per heavy atom. The molecule has 6 heteroatoms. The maximum absolute atomic E-state index is 13.6. The van der Waals surface area contributed by atoms with Crippen LogP contribution >= 0.6 is 12.4 Å². The van der Waals surface area contributed by atoms with Gasteiger partial charge in [-0.25, -0.2) is 0 Å². The van der Waals surface area contributed by atoms with Gasteiger partial charge in [-0.15, -0.1) is 12.4 Å². The summed E-state index contributed by atoms with van der Waals surface area (Å²) < 4.78 is 2.07. The van der Waals surface area contributed by atoms with Gasteiger partial charge in [0.05, 0.1) is 22.9 Å². The lowest BCUT2D eigenvalue weighted by Crippen LogP contribution is -2.48. The summed E-state index contributed by atoms with van der Waals surface area (Å²) in [7, 11) is 4.20. The summed E-state index contributed by atoms with van der Waals surface area (Å²) >= 11 is 0. The van der Waals surface area contributed by atoms with Gasteiger partial charge in [-0.1, -0.05) is 30.3 Å². The Morgan fingerprint density at radius 3 is 2.39 bits per heavy atom.